The molecule has 2 fully saturated rings. The Morgan fingerprint density at radius 1 is 1.35 bits per heavy atom. The summed E-state index contributed by atoms with van der Waals surface area (Å²) in [6.45, 7) is 3.76. The number of hydrogen-bond acceptors (Lipinski definition) is 7. The van der Waals surface area contributed by atoms with Crippen molar-refractivity contribution in [1.29, 1.82) is 0 Å². The Morgan fingerprint density at radius 2 is 2.13 bits per heavy atom. The lowest BCUT2D eigenvalue weighted by atomic mass is 9.82. The molecule has 12 heteroatoms. The number of carboxylic acid groups (broad SMARTS) is 1. The number of halogens is 3. The number of carbonyl (C=O) groups excluding carboxylic acids is 1. The number of likely N-dealkylation sites (tertiary alicyclic amines) is 1. The van der Waals surface area contributed by atoms with E-state index >= 15 is 0 Å². The number of aromatic nitrogens is 2. The van der Waals surface area contributed by atoms with Crippen LogP contribution in [0.4, 0.5) is 13.2 Å². The number of aliphatic carboxylic acids is 1. The van der Waals surface area contributed by atoms with Crippen molar-refractivity contribution < 1.29 is 37.3 Å². The van der Waals surface area contributed by atoms with E-state index < -0.39 is 12.1 Å². The highest BCUT2D eigenvalue weighted by molar-refractivity contribution is 7.07. The molecule has 2 aromatic heterocycles. The van der Waals surface area contributed by atoms with Gasteiger partial charge in [0.1, 0.15) is 5.69 Å². The molecule has 0 spiro atoms. The van der Waals surface area contributed by atoms with Gasteiger partial charge in [-0.2, -0.15) is 13.2 Å². The largest absolute Gasteiger partial charge is 0.490 e. The summed E-state index contributed by atoms with van der Waals surface area (Å²) in [5, 5.41) is 8.93. The van der Waals surface area contributed by atoms with Gasteiger partial charge < -0.3 is 19.5 Å². The number of carboxylic acids is 1. The highest BCUT2D eigenvalue weighted by atomic mass is 32.1. The zero-order chi connectivity index (χ0) is 22.5. The van der Waals surface area contributed by atoms with Gasteiger partial charge in [-0.3, -0.25) is 9.78 Å². The molecule has 8 nitrogen and oxygen atoms in total. The fourth-order valence-corrected chi connectivity index (χ4v) is 4.04. The van der Waals surface area contributed by atoms with E-state index in [1.807, 2.05) is 23.1 Å². The average Bonchev–Trinajstić information content (AvgIpc) is 3.44. The molecular formula is C19H20F3N3O5S. The Bertz CT molecular complexity index is 882. The van der Waals surface area contributed by atoms with Crippen molar-refractivity contribution >= 4 is 23.2 Å². The molecule has 0 saturated carbocycles. The van der Waals surface area contributed by atoms with Crippen LogP contribution in [0.15, 0.2) is 35.3 Å². The van der Waals surface area contributed by atoms with Crippen LogP contribution in [0, 0.1) is 11.3 Å². The number of fused-ring (bicyclic) bond motifs is 1. The number of thiazole rings is 1. The third kappa shape index (κ3) is 5.77. The Balaban J connectivity index is 0.000000339. The average molecular weight is 459 g/mol. The molecule has 0 bridgehead atoms. The zero-order valence-corrected chi connectivity index (χ0v) is 17.1. The minimum atomic E-state index is -5.08. The number of alkyl halides is 3. The van der Waals surface area contributed by atoms with Crippen LogP contribution in [0.2, 0.25) is 0 Å². The first-order valence-corrected chi connectivity index (χ1v) is 10.2. The molecule has 0 aliphatic carbocycles. The van der Waals surface area contributed by atoms with Gasteiger partial charge in [-0.25, -0.2) is 9.78 Å². The zero-order valence-electron chi connectivity index (χ0n) is 16.2. The molecular weight excluding hydrogens is 439 g/mol. The third-order valence-electron chi connectivity index (χ3n) is 5.07. The van der Waals surface area contributed by atoms with Gasteiger partial charge in [-0.1, -0.05) is 6.07 Å². The summed E-state index contributed by atoms with van der Waals surface area (Å²) >= 11 is 1.44. The van der Waals surface area contributed by atoms with E-state index in [9.17, 15) is 18.0 Å². The summed E-state index contributed by atoms with van der Waals surface area (Å²) in [5.41, 5.74) is 3.03. The first-order chi connectivity index (χ1) is 14.7. The number of nitrogens with zero attached hydrogens (tertiary/aromatic N) is 3. The smallest absolute Gasteiger partial charge is 0.475 e. The van der Waals surface area contributed by atoms with Crippen LogP contribution in [0.25, 0.3) is 0 Å². The van der Waals surface area contributed by atoms with Crippen molar-refractivity contribution in [3.63, 3.8) is 0 Å². The highest BCUT2D eigenvalue weighted by Gasteiger charge is 2.52. The van der Waals surface area contributed by atoms with Crippen LogP contribution in [-0.4, -0.2) is 70.9 Å². The van der Waals surface area contributed by atoms with E-state index in [4.69, 9.17) is 19.4 Å². The van der Waals surface area contributed by atoms with Crippen molar-refractivity contribution in [1.82, 2.24) is 14.9 Å². The van der Waals surface area contributed by atoms with Crippen molar-refractivity contribution in [2.45, 2.75) is 12.8 Å². The molecule has 0 unspecified atom stereocenters. The summed E-state index contributed by atoms with van der Waals surface area (Å²) in [7, 11) is 0. The summed E-state index contributed by atoms with van der Waals surface area (Å²) in [6.07, 6.45) is -3.32. The van der Waals surface area contributed by atoms with Crippen LogP contribution >= 0.6 is 11.3 Å². The predicted molar refractivity (Wildman–Crippen MR) is 102 cm³/mol. The summed E-state index contributed by atoms with van der Waals surface area (Å²) in [4.78, 5) is 31.8. The molecule has 0 radical (unpaired) electrons. The summed E-state index contributed by atoms with van der Waals surface area (Å²) < 4.78 is 43.4. The Labute approximate surface area is 179 Å². The lowest BCUT2D eigenvalue weighted by Crippen LogP contribution is -2.37. The Morgan fingerprint density at radius 3 is 2.74 bits per heavy atom. The van der Waals surface area contributed by atoms with Crippen molar-refractivity contribution in [3.8, 4) is 0 Å². The molecule has 2 aromatic rings. The van der Waals surface area contributed by atoms with Gasteiger partial charge in [-0.15, -0.1) is 11.3 Å². The maximum atomic E-state index is 12.6. The molecule has 4 heterocycles. The quantitative estimate of drug-likeness (QED) is 0.733. The number of ether oxygens (including phenoxy) is 2. The lowest BCUT2D eigenvalue weighted by Gasteiger charge is -2.26. The molecule has 31 heavy (non-hydrogen) atoms. The first-order valence-electron chi connectivity index (χ1n) is 9.24. The second kappa shape index (κ2) is 9.71. The highest BCUT2D eigenvalue weighted by Crippen LogP contribution is 2.42. The van der Waals surface area contributed by atoms with E-state index in [1.165, 1.54) is 11.3 Å². The van der Waals surface area contributed by atoms with Crippen molar-refractivity contribution in [3.05, 3.63) is 46.7 Å². The topological polar surface area (TPSA) is 102 Å². The third-order valence-corrected chi connectivity index (χ3v) is 5.65. The molecule has 2 aliphatic rings. The SMILES string of the molecule is O=C(O)C(F)(F)F.O=C(c1cscn1)N1C[C@@H]2COC[C@]2(COCc2ccccn2)C1. The molecule has 2 aliphatic heterocycles. The van der Waals surface area contributed by atoms with E-state index in [-0.39, 0.29) is 11.3 Å². The predicted octanol–water partition coefficient (Wildman–Crippen LogP) is 2.48. The van der Waals surface area contributed by atoms with Crippen LogP contribution < -0.4 is 0 Å². The monoisotopic (exact) mass is 459 g/mol. The molecule has 2 saturated heterocycles. The molecule has 0 aromatic carbocycles. The second-order valence-corrected chi connectivity index (χ2v) is 7.97. The van der Waals surface area contributed by atoms with Crippen molar-refractivity contribution in [2.75, 3.05) is 32.9 Å². The second-order valence-electron chi connectivity index (χ2n) is 7.25. The summed E-state index contributed by atoms with van der Waals surface area (Å²) in [5.74, 6) is -2.42. The lowest BCUT2D eigenvalue weighted by molar-refractivity contribution is -0.192. The first kappa shape index (κ1) is 23.1. The van der Waals surface area contributed by atoms with E-state index in [1.54, 1.807) is 17.1 Å². The maximum absolute atomic E-state index is 12.6. The van der Waals surface area contributed by atoms with Gasteiger partial charge in [0.2, 0.25) is 0 Å². The maximum Gasteiger partial charge on any atom is 0.490 e. The molecule has 1 N–H and O–H groups in total. The number of rotatable bonds is 5. The van der Waals surface area contributed by atoms with Crippen LogP contribution in [0.1, 0.15) is 16.2 Å². The van der Waals surface area contributed by atoms with Crippen LogP contribution in [0.3, 0.4) is 0 Å². The van der Waals surface area contributed by atoms with Gasteiger partial charge in [0, 0.05) is 36.0 Å². The number of hydrogen-bond donors (Lipinski definition) is 1. The van der Waals surface area contributed by atoms with Crippen LogP contribution in [-0.2, 0) is 20.9 Å². The molecule has 1 amide bonds. The molecule has 4 rings (SSSR count). The normalized spacial score (nSPS) is 22.5. The van der Waals surface area contributed by atoms with Gasteiger partial charge in [0.25, 0.3) is 5.91 Å². The van der Waals surface area contributed by atoms with E-state index in [0.29, 0.717) is 51.1 Å². The summed E-state index contributed by atoms with van der Waals surface area (Å²) in [6, 6.07) is 5.80. The number of amides is 1. The molecule has 2 atom stereocenters. The van der Waals surface area contributed by atoms with Crippen LogP contribution in [0.5, 0.6) is 0 Å². The Hall–Kier alpha value is -2.57. The fraction of sp³-hybridized carbons (Fsp3) is 0.474. The standard InChI is InChI=1S/C17H19N3O3S.C2HF3O2/c21-16(15-8-24-12-19-15)20-5-13-6-22-10-17(13,9-20)11-23-7-14-3-1-2-4-18-14;3-2(4,5)1(6)7/h1-4,8,12-13H,5-7,9-11H2;(H,6,7)/t13-,17+;/m1./s1. The van der Waals surface area contributed by atoms with Gasteiger partial charge in [-0.05, 0) is 12.1 Å². The van der Waals surface area contributed by atoms with E-state index in [0.717, 1.165) is 5.69 Å². The number of pyridine rings is 1. The van der Waals surface area contributed by atoms with Gasteiger partial charge in [0.15, 0.2) is 0 Å². The minimum absolute atomic E-state index is 0.00903. The van der Waals surface area contributed by atoms with Crippen molar-refractivity contribution in [2.24, 2.45) is 11.3 Å². The Kier molecular flexibility index (Phi) is 7.23. The number of carbonyl (C=O) groups is 2. The van der Waals surface area contributed by atoms with E-state index in [2.05, 4.69) is 9.97 Å². The molecule has 168 valence electrons. The van der Waals surface area contributed by atoms with Gasteiger partial charge in [0.05, 0.1) is 37.6 Å². The van der Waals surface area contributed by atoms with Gasteiger partial charge >= 0.3 is 12.1 Å². The minimum Gasteiger partial charge on any atom is -0.475 e. The fourth-order valence-electron chi connectivity index (χ4n) is 3.51.